The number of hydrogen-bond acceptors (Lipinski definition) is 6. The zero-order valence-corrected chi connectivity index (χ0v) is 18.9. The van der Waals surface area contributed by atoms with Gasteiger partial charge in [0.25, 0.3) is 5.91 Å². The fraction of sp³-hybridized carbons (Fsp3) is 0.250. The van der Waals surface area contributed by atoms with Crippen molar-refractivity contribution >= 4 is 32.7 Å². The molecule has 1 aliphatic heterocycles. The summed E-state index contributed by atoms with van der Waals surface area (Å²) in [6.07, 6.45) is 0. The molecule has 0 aliphatic carbocycles. The molecule has 1 heterocycles. The number of phenolic OH excluding ortho intramolecular Hbond substituents is 1. The summed E-state index contributed by atoms with van der Waals surface area (Å²) >= 11 is 0. The van der Waals surface area contributed by atoms with Crippen LogP contribution in [0.25, 0.3) is 10.8 Å². The van der Waals surface area contributed by atoms with E-state index in [1.807, 2.05) is 24.3 Å². The Balaban J connectivity index is 1.34. The maximum atomic E-state index is 13.1. The molecule has 0 atom stereocenters. The van der Waals surface area contributed by atoms with Crippen LogP contribution in [0.4, 0.5) is 0 Å². The van der Waals surface area contributed by atoms with E-state index in [1.165, 1.54) is 21.3 Å². The van der Waals surface area contributed by atoms with Gasteiger partial charge in [0.1, 0.15) is 11.3 Å². The molecule has 8 nitrogen and oxygen atoms in total. The summed E-state index contributed by atoms with van der Waals surface area (Å²) in [6, 6.07) is 17.1. The van der Waals surface area contributed by atoms with Crippen molar-refractivity contribution < 1.29 is 27.9 Å². The first kappa shape index (κ1) is 22.8. The minimum absolute atomic E-state index is 0.0142. The van der Waals surface area contributed by atoms with Crippen LogP contribution in [0.3, 0.4) is 0 Å². The maximum absolute atomic E-state index is 13.1. The first-order chi connectivity index (χ1) is 15.8. The predicted molar refractivity (Wildman–Crippen MR) is 122 cm³/mol. The van der Waals surface area contributed by atoms with Crippen LogP contribution in [0, 0.1) is 6.92 Å². The number of rotatable bonds is 5. The predicted octanol–water partition coefficient (Wildman–Crippen LogP) is 2.54. The van der Waals surface area contributed by atoms with Gasteiger partial charge < -0.3 is 14.7 Å². The lowest BCUT2D eigenvalue weighted by molar-refractivity contribution is -0.135. The van der Waals surface area contributed by atoms with Gasteiger partial charge in [-0.2, -0.15) is 4.31 Å². The van der Waals surface area contributed by atoms with Gasteiger partial charge in [0.2, 0.25) is 10.0 Å². The zero-order chi connectivity index (χ0) is 23.6. The van der Waals surface area contributed by atoms with Crippen LogP contribution < -0.4 is 0 Å². The number of benzene rings is 3. The summed E-state index contributed by atoms with van der Waals surface area (Å²) in [5, 5.41) is 11.7. The molecule has 0 spiro atoms. The Morgan fingerprint density at radius 3 is 2.33 bits per heavy atom. The third kappa shape index (κ3) is 4.84. The van der Waals surface area contributed by atoms with Crippen molar-refractivity contribution in [3.63, 3.8) is 0 Å². The summed E-state index contributed by atoms with van der Waals surface area (Å²) < 4.78 is 32.5. The van der Waals surface area contributed by atoms with Gasteiger partial charge in [-0.15, -0.1) is 0 Å². The van der Waals surface area contributed by atoms with E-state index in [0.29, 0.717) is 0 Å². The minimum Gasteiger partial charge on any atom is -0.507 e. The van der Waals surface area contributed by atoms with Crippen LogP contribution in [0.15, 0.2) is 65.6 Å². The largest absolute Gasteiger partial charge is 0.507 e. The molecule has 1 aliphatic rings. The number of sulfonamides is 1. The van der Waals surface area contributed by atoms with Crippen molar-refractivity contribution in [2.75, 3.05) is 32.8 Å². The van der Waals surface area contributed by atoms with E-state index in [-0.39, 0.29) is 42.4 Å². The van der Waals surface area contributed by atoms with Crippen molar-refractivity contribution in [1.82, 2.24) is 9.21 Å². The molecule has 4 rings (SSSR count). The van der Waals surface area contributed by atoms with Crippen LogP contribution in [0.5, 0.6) is 5.75 Å². The number of aryl methyl sites for hydroxylation is 1. The van der Waals surface area contributed by atoms with Crippen molar-refractivity contribution in [2.45, 2.75) is 11.8 Å². The van der Waals surface area contributed by atoms with Crippen molar-refractivity contribution in [1.29, 1.82) is 0 Å². The SMILES string of the molecule is Cc1ccc(C(=O)OCC(=O)N2CCN(S(=O)(=O)c3ccc4ccccc4c3)CC2)c(O)c1. The number of esters is 1. The highest BCUT2D eigenvalue weighted by atomic mass is 32.2. The molecule has 1 fully saturated rings. The number of aromatic hydroxyl groups is 1. The highest BCUT2D eigenvalue weighted by molar-refractivity contribution is 7.89. The molecule has 1 amide bonds. The summed E-state index contributed by atoms with van der Waals surface area (Å²) in [4.78, 5) is 26.3. The lowest BCUT2D eigenvalue weighted by Gasteiger charge is -2.33. The fourth-order valence-electron chi connectivity index (χ4n) is 3.77. The highest BCUT2D eigenvalue weighted by Gasteiger charge is 2.30. The van der Waals surface area contributed by atoms with E-state index in [4.69, 9.17) is 4.74 Å². The standard InChI is InChI=1S/C24H24N2O6S/c1-17-6-9-21(22(27)14-17)24(29)32-16-23(28)25-10-12-26(13-11-25)33(30,31)20-8-7-18-4-2-3-5-19(18)15-20/h2-9,14-15,27H,10-13,16H2,1H3. The average Bonchev–Trinajstić information content (AvgIpc) is 2.82. The Labute approximate surface area is 192 Å². The molecule has 0 bridgehead atoms. The first-order valence-corrected chi connectivity index (χ1v) is 11.9. The van der Waals surface area contributed by atoms with Crippen LogP contribution in [0.1, 0.15) is 15.9 Å². The minimum atomic E-state index is -3.69. The first-order valence-electron chi connectivity index (χ1n) is 10.5. The van der Waals surface area contributed by atoms with Crippen molar-refractivity contribution in [3.05, 3.63) is 71.8 Å². The van der Waals surface area contributed by atoms with Gasteiger partial charge in [-0.1, -0.05) is 36.4 Å². The van der Waals surface area contributed by atoms with Gasteiger partial charge in [0, 0.05) is 26.2 Å². The van der Waals surface area contributed by atoms with E-state index in [9.17, 15) is 23.1 Å². The zero-order valence-electron chi connectivity index (χ0n) is 18.1. The summed E-state index contributed by atoms with van der Waals surface area (Å²) in [7, 11) is -3.69. The lowest BCUT2D eigenvalue weighted by Crippen LogP contribution is -2.51. The second-order valence-corrected chi connectivity index (χ2v) is 9.83. The molecule has 0 aromatic heterocycles. The van der Waals surface area contributed by atoms with Gasteiger partial charge in [-0.05, 0) is 47.5 Å². The third-order valence-electron chi connectivity index (χ3n) is 5.65. The van der Waals surface area contributed by atoms with E-state index in [1.54, 1.807) is 31.2 Å². The molecule has 1 N–H and O–H groups in total. The summed E-state index contributed by atoms with van der Waals surface area (Å²) in [5.41, 5.74) is 0.774. The molecule has 3 aromatic rings. The van der Waals surface area contributed by atoms with Crippen LogP contribution in [-0.2, 0) is 19.6 Å². The van der Waals surface area contributed by atoms with Crippen LogP contribution in [0.2, 0.25) is 0 Å². The normalized spacial score (nSPS) is 14.9. The monoisotopic (exact) mass is 468 g/mol. The van der Waals surface area contributed by atoms with Crippen molar-refractivity contribution in [2.24, 2.45) is 0 Å². The Morgan fingerprint density at radius 1 is 0.939 bits per heavy atom. The molecule has 3 aromatic carbocycles. The molecule has 1 saturated heterocycles. The van der Waals surface area contributed by atoms with E-state index >= 15 is 0 Å². The Kier molecular flexibility index (Phi) is 6.35. The van der Waals surface area contributed by atoms with E-state index < -0.39 is 28.5 Å². The number of carbonyl (C=O) groups excluding carboxylic acids is 2. The molecule has 172 valence electrons. The molecule has 0 saturated carbocycles. The number of ether oxygens (including phenoxy) is 1. The Bertz CT molecular complexity index is 1310. The number of carbonyl (C=O) groups is 2. The van der Waals surface area contributed by atoms with Crippen LogP contribution >= 0.6 is 0 Å². The number of piperazine rings is 1. The molecular formula is C24H24N2O6S. The smallest absolute Gasteiger partial charge is 0.342 e. The molecule has 0 radical (unpaired) electrons. The van der Waals surface area contributed by atoms with E-state index in [2.05, 4.69) is 0 Å². The maximum Gasteiger partial charge on any atom is 0.342 e. The number of nitrogens with zero attached hydrogens (tertiary/aromatic N) is 2. The summed E-state index contributed by atoms with van der Waals surface area (Å²) in [6.45, 7) is 1.97. The van der Waals surface area contributed by atoms with E-state index in [0.717, 1.165) is 16.3 Å². The van der Waals surface area contributed by atoms with Gasteiger partial charge in [-0.3, -0.25) is 4.79 Å². The van der Waals surface area contributed by atoms with Crippen LogP contribution in [-0.4, -0.2) is 67.4 Å². The third-order valence-corrected chi connectivity index (χ3v) is 7.54. The topological polar surface area (TPSA) is 104 Å². The summed E-state index contributed by atoms with van der Waals surface area (Å²) in [5.74, 6) is -1.42. The molecular weight excluding hydrogens is 444 g/mol. The Morgan fingerprint density at radius 2 is 1.64 bits per heavy atom. The Hall–Kier alpha value is -3.43. The van der Waals surface area contributed by atoms with Crippen molar-refractivity contribution in [3.8, 4) is 5.75 Å². The number of hydrogen-bond donors (Lipinski definition) is 1. The highest BCUT2D eigenvalue weighted by Crippen LogP contribution is 2.23. The molecule has 9 heteroatoms. The van der Waals surface area contributed by atoms with Gasteiger partial charge in [-0.25, -0.2) is 13.2 Å². The lowest BCUT2D eigenvalue weighted by atomic mass is 10.1. The average molecular weight is 469 g/mol. The van der Waals surface area contributed by atoms with Gasteiger partial charge >= 0.3 is 5.97 Å². The molecule has 0 unspecified atom stereocenters. The number of phenols is 1. The van der Waals surface area contributed by atoms with Gasteiger partial charge in [0.05, 0.1) is 4.90 Å². The quantitative estimate of drug-likeness (QED) is 0.577. The number of amides is 1. The molecule has 33 heavy (non-hydrogen) atoms. The second-order valence-electron chi connectivity index (χ2n) is 7.89. The number of fused-ring (bicyclic) bond motifs is 1. The fourth-order valence-corrected chi connectivity index (χ4v) is 5.22. The second kappa shape index (κ2) is 9.21. The van der Waals surface area contributed by atoms with Gasteiger partial charge in [0.15, 0.2) is 6.61 Å².